The number of aryl methyl sites for hydroxylation is 2. The highest BCUT2D eigenvalue weighted by Crippen LogP contribution is 2.31. The number of halogens is 1. The lowest BCUT2D eigenvalue weighted by Gasteiger charge is -2.17. The molecule has 7 heteroatoms. The number of carbonyl (C=O) groups excluding carboxylic acids is 3. The summed E-state index contributed by atoms with van der Waals surface area (Å²) in [4.78, 5) is 38.2. The molecule has 6 nitrogen and oxygen atoms in total. The number of hydrogen-bond acceptors (Lipinski definition) is 4. The van der Waals surface area contributed by atoms with Crippen molar-refractivity contribution in [1.82, 2.24) is 0 Å². The van der Waals surface area contributed by atoms with Gasteiger partial charge in [0.2, 0.25) is 5.91 Å². The van der Waals surface area contributed by atoms with Gasteiger partial charge in [0.25, 0.3) is 5.91 Å². The van der Waals surface area contributed by atoms with Crippen LogP contribution in [0.3, 0.4) is 0 Å². The van der Waals surface area contributed by atoms with E-state index >= 15 is 0 Å². The lowest BCUT2D eigenvalue weighted by molar-refractivity contribution is -0.151. The maximum Gasteiger partial charge on any atom is 0.311 e. The molecule has 2 amide bonds. The molecule has 146 valence electrons. The van der Waals surface area contributed by atoms with Crippen molar-refractivity contribution < 1.29 is 19.1 Å². The van der Waals surface area contributed by atoms with Crippen LogP contribution in [0.5, 0.6) is 0 Å². The Labute approximate surface area is 168 Å². The van der Waals surface area contributed by atoms with Crippen LogP contribution >= 0.6 is 11.6 Å². The van der Waals surface area contributed by atoms with E-state index in [1.54, 1.807) is 24.3 Å². The molecule has 1 heterocycles. The summed E-state index contributed by atoms with van der Waals surface area (Å²) < 4.78 is 5.14. The topological polar surface area (TPSA) is 75.7 Å². The Balaban J connectivity index is 1.56. The monoisotopic (exact) mass is 400 g/mol. The number of anilines is 2. The lowest BCUT2D eigenvalue weighted by atomic mass is 10.1. The molecular formula is C21H21ClN2O4. The number of benzene rings is 2. The highest BCUT2D eigenvalue weighted by Gasteiger charge is 2.37. The van der Waals surface area contributed by atoms with Crippen LogP contribution < -0.4 is 10.2 Å². The fourth-order valence-corrected chi connectivity index (χ4v) is 3.45. The molecule has 0 bridgehead atoms. The Morgan fingerprint density at radius 3 is 2.50 bits per heavy atom. The minimum Gasteiger partial charge on any atom is -0.455 e. The van der Waals surface area contributed by atoms with Gasteiger partial charge in [-0.25, -0.2) is 0 Å². The number of ether oxygens (including phenoxy) is 1. The van der Waals surface area contributed by atoms with Crippen LogP contribution in [0, 0.1) is 19.8 Å². The predicted octanol–water partition coefficient (Wildman–Crippen LogP) is 3.49. The van der Waals surface area contributed by atoms with Crippen LogP contribution in [0.25, 0.3) is 0 Å². The van der Waals surface area contributed by atoms with Gasteiger partial charge in [0.15, 0.2) is 6.61 Å². The average molecular weight is 401 g/mol. The molecule has 1 aliphatic heterocycles. The molecule has 1 N–H and O–H groups in total. The Morgan fingerprint density at radius 2 is 1.82 bits per heavy atom. The van der Waals surface area contributed by atoms with E-state index in [0.717, 1.165) is 11.1 Å². The van der Waals surface area contributed by atoms with E-state index in [0.29, 0.717) is 16.4 Å². The molecule has 3 rings (SSSR count). The van der Waals surface area contributed by atoms with Gasteiger partial charge in [-0.05, 0) is 37.1 Å². The summed E-state index contributed by atoms with van der Waals surface area (Å²) in [7, 11) is 0. The summed E-state index contributed by atoms with van der Waals surface area (Å²) in [6.45, 7) is 3.56. The normalized spacial score (nSPS) is 16.2. The van der Waals surface area contributed by atoms with Gasteiger partial charge in [0, 0.05) is 18.7 Å². The van der Waals surface area contributed by atoms with Crippen LogP contribution in [0.4, 0.5) is 11.4 Å². The minimum absolute atomic E-state index is 0.0303. The molecule has 0 spiro atoms. The second-order valence-corrected chi connectivity index (χ2v) is 7.19. The molecule has 1 saturated heterocycles. The van der Waals surface area contributed by atoms with Crippen molar-refractivity contribution in [2.24, 2.45) is 5.92 Å². The zero-order valence-electron chi connectivity index (χ0n) is 15.7. The Bertz CT molecular complexity index is 908. The van der Waals surface area contributed by atoms with Gasteiger partial charge in [0.1, 0.15) is 0 Å². The number of para-hydroxylation sites is 2. The highest BCUT2D eigenvalue weighted by molar-refractivity contribution is 6.33. The molecule has 0 radical (unpaired) electrons. The zero-order chi connectivity index (χ0) is 20.3. The summed E-state index contributed by atoms with van der Waals surface area (Å²) in [6, 6.07) is 12.6. The second-order valence-electron chi connectivity index (χ2n) is 6.78. The maximum atomic E-state index is 12.3. The van der Waals surface area contributed by atoms with Crippen LogP contribution in [-0.4, -0.2) is 30.9 Å². The summed E-state index contributed by atoms with van der Waals surface area (Å²) in [5, 5.41) is 3.21. The standard InChI is InChI=1S/C21H21ClN2O4/c1-13-6-5-7-14(2)20(13)23-18(25)12-28-21(27)15-10-19(26)24(11-15)17-9-4-3-8-16(17)22/h3-9,15H,10-12H2,1-2H3,(H,23,25)/t15-/m1/s1. The van der Waals surface area contributed by atoms with Crippen molar-refractivity contribution in [1.29, 1.82) is 0 Å². The molecule has 1 aliphatic rings. The fourth-order valence-electron chi connectivity index (χ4n) is 3.21. The van der Waals surface area contributed by atoms with Crippen molar-refractivity contribution >= 4 is 40.8 Å². The van der Waals surface area contributed by atoms with Gasteiger partial charge in [-0.1, -0.05) is 41.9 Å². The Hall–Kier alpha value is -2.86. The third kappa shape index (κ3) is 4.34. The van der Waals surface area contributed by atoms with Crippen molar-refractivity contribution in [3.63, 3.8) is 0 Å². The molecular weight excluding hydrogens is 380 g/mol. The van der Waals surface area contributed by atoms with E-state index in [-0.39, 0.29) is 18.9 Å². The first kappa shape index (κ1) is 19.9. The maximum absolute atomic E-state index is 12.3. The minimum atomic E-state index is -0.628. The predicted molar refractivity (Wildman–Crippen MR) is 107 cm³/mol. The number of rotatable bonds is 5. The van der Waals surface area contributed by atoms with E-state index in [1.807, 2.05) is 32.0 Å². The van der Waals surface area contributed by atoms with Crippen LogP contribution in [0.15, 0.2) is 42.5 Å². The quantitative estimate of drug-likeness (QED) is 0.779. The second kappa shape index (κ2) is 8.44. The largest absolute Gasteiger partial charge is 0.455 e. The summed E-state index contributed by atoms with van der Waals surface area (Å²) >= 11 is 6.14. The van der Waals surface area contributed by atoms with Crippen molar-refractivity contribution in [2.75, 3.05) is 23.4 Å². The zero-order valence-corrected chi connectivity index (χ0v) is 16.5. The summed E-state index contributed by atoms with van der Waals surface area (Å²) in [5.74, 6) is -1.82. The first-order valence-electron chi connectivity index (χ1n) is 8.94. The number of nitrogens with one attached hydrogen (secondary N) is 1. The number of nitrogens with zero attached hydrogens (tertiary/aromatic N) is 1. The van der Waals surface area contributed by atoms with Gasteiger partial charge < -0.3 is 15.0 Å². The van der Waals surface area contributed by atoms with E-state index in [2.05, 4.69) is 5.32 Å². The molecule has 0 aromatic heterocycles. The highest BCUT2D eigenvalue weighted by atomic mass is 35.5. The third-order valence-electron chi connectivity index (χ3n) is 4.69. The van der Waals surface area contributed by atoms with Gasteiger partial charge in [0.05, 0.1) is 16.6 Å². The Kier molecular flexibility index (Phi) is 5.99. The molecule has 0 saturated carbocycles. The number of amides is 2. The summed E-state index contributed by atoms with van der Waals surface area (Å²) in [5.41, 5.74) is 3.13. The third-order valence-corrected chi connectivity index (χ3v) is 5.01. The van der Waals surface area contributed by atoms with E-state index in [1.165, 1.54) is 4.90 Å². The molecule has 0 unspecified atom stereocenters. The molecule has 28 heavy (non-hydrogen) atoms. The SMILES string of the molecule is Cc1cccc(C)c1NC(=O)COC(=O)[C@@H]1CC(=O)N(c2ccccc2Cl)C1. The average Bonchev–Trinajstić information content (AvgIpc) is 3.05. The smallest absolute Gasteiger partial charge is 0.311 e. The summed E-state index contributed by atoms with van der Waals surface area (Å²) in [6.07, 6.45) is 0.0303. The van der Waals surface area contributed by atoms with E-state index in [9.17, 15) is 14.4 Å². The number of esters is 1. The molecule has 1 atom stereocenters. The number of hydrogen-bond donors (Lipinski definition) is 1. The molecule has 2 aromatic rings. The van der Waals surface area contributed by atoms with Crippen LogP contribution in [0.1, 0.15) is 17.5 Å². The van der Waals surface area contributed by atoms with Gasteiger partial charge in [-0.3, -0.25) is 14.4 Å². The van der Waals surface area contributed by atoms with Crippen molar-refractivity contribution in [3.05, 3.63) is 58.6 Å². The van der Waals surface area contributed by atoms with Gasteiger partial charge >= 0.3 is 5.97 Å². The molecule has 1 fully saturated rings. The van der Waals surface area contributed by atoms with E-state index in [4.69, 9.17) is 16.3 Å². The van der Waals surface area contributed by atoms with Crippen molar-refractivity contribution in [3.8, 4) is 0 Å². The fraction of sp³-hybridized carbons (Fsp3) is 0.286. The van der Waals surface area contributed by atoms with Crippen molar-refractivity contribution in [2.45, 2.75) is 20.3 Å². The number of carbonyl (C=O) groups is 3. The van der Waals surface area contributed by atoms with Gasteiger partial charge in [-0.15, -0.1) is 0 Å². The molecule has 0 aliphatic carbocycles. The first-order chi connectivity index (χ1) is 13.4. The van der Waals surface area contributed by atoms with E-state index < -0.39 is 24.4 Å². The molecule has 2 aromatic carbocycles. The van der Waals surface area contributed by atoms with Gasteiger partial charge in [-0.2, -0.15) is 0 Å². The Morgan fingerprint density at radius 1 is 1.14 bits per heavy atom. The lowest BCUT2D eigenvalue weighted by Crippen LogP contribution is -2.28. The van der Waals surface area contributed by atoms with Crippen LogP contribution in [0.2, 0.25) is 5.02 Å². The van der Waals surface area contributed by atoms with Crippen LogP contribution in [-0.2, 0) is 19.1 Å². The first-order valence-corrected chi connectivity index (χ1v) is 9.32.